The van der Waals surface area contributed by atoms with E-state index >= 15 is 0 Å². The molecule has 0 heterocycles. The Kier molecular flexibility index (Phi) is 6.34. The van der Waals surface area contributed by atoms with Gasteiger partial charge in [0.2, 0.25) is 0 Å². The molecule has 0 radical (unpaired) electrons. The second-order valence-electron chi connectivity index (χ2n) is 15.9. The van der Waals surface area contributed by atoms with E-state index in [9.17, 15) is 0 Å². The van der Waals surface area contributed by atoms with Crippen LogP contribution in [0.25, 0.3) is 5.70 Å². The van der Waals surface area contributed by atoms with E-state index in [2.05, 4.69) is 137 Å². The molecule has 8 aliphatic carbocycles. The molecule has 4 fully saturated rings. The molecule has 0 aliphatic heterocycles. The normalized spacial score (nSPS) is 29.7. The van der Waals surface area contributed by atoms with Gasteiger partial charge in [0.25, 0.3) is 0 Å². The highest BCUT2D eigenvalue weighted by atomic mass is 15.2. The van der Waals surface area contributed by atoms with Crippen molar-refractivity contribution in [2.45, 2.75) is 51.4 Å². The first-order valence-electron chi connectivity index (χ1n) is 19.0. The monoisotopic (exact) mass is 636 g/mol. The van der Waals surface area contributed by atoms with E-state index in [1.54, 1.807) is 11.1 Å². The van der Waals surface area contributed by atoms with E-state index in [1.807, 2.05) is 0 Å². The molecule has 8 aliphatic rings. The zero-order chi connectivity index (χ0) is 32.1. The lowest BCUT2D eigenvalue weighted by Crippen LogP contribution is -2.28. The van der Waals surface area contributed by atoms with Crippen LogP contribution in [-0.2, 0) is 6.42 Å². The number of nitrogens with zero attached hydrogens (tertiary/aromatic N) is 2. The number of allylic oxidation sites excluding steroid dienone is 12. The molecule has 0 aromatic heterocycles. The Balaban J connectivity index is 1.20. The Hall–Kier alpha value is -4.56. The summed E-state index contributed by atoms with van der Waals surface area (Å²) in [6.07, 6.45) is 27.9. The Bertz CT molecular complexity index is 2030. The van der Waals surface area contributed by atoms with E-state index in [4.69, 9.17) is 0 Å². The van der Waals surface area contributed by atoms with Gasteiger partial charge in [-0.3, -0.25) is 0 Å². The third-order valence-electron chi connectivity index (χ3n) is 12.7. The predicted octanol–water partition coefficient (Wildman–Crippen LogP) is 11.3. The van der Waals surface area contributed by atoms with E-state index < -0.39 is 0 Å². The number of hydrogen-bond donors (Lipinski definition) is 0. The van der Waals surface area contributed by atoms with Crippen LogP contribution in [0.2, 0.25) is 0 Å². The summed E-state index contributed by atoms with van der Waals surface area (Å²) in [5.41, 5.74) is 15.8. The van der Waals surface area contributed by atoms with E-state index in [1.165, 1.54) is 95.8 Å². The van der Waals surface area contributed by atoms with Gasteiger partial charge in [0.05, 0.1) is 5.70 Å². The lowest BCUT2D eigenvalue weighted by atomic mass is 9.84. The Labute approximate surface area is 291 Å². The van der Waals surface area contributed by atoms with Crippen LogP contribution in [-0.4, -0.2) is 4.90 Å². The smallest absolute Gasteiger partial charge is 0.0612 e. The van der Waals surface area contributed by atoms with Crippen molar-refractivity contribution in [2.75, 3.05) is 4.90 Å². The molecule has 0 saturated heterocycles. The molecule has 0 amide bonds. The lowest BCUT2D eigenvalue weighted by molar-refractivity contribution is 0.473. The van der Waals surface area contributed by atoms with Gasteiger partial charge in [0.1, 0.15) is 0 Å². The van der Waals surface area contributed by atoms with Gasteiger partial charge < -0.3 is 9.80 Å². The summed E-state index contributed by atoms with van der Waals surface area (Å²) in [6, 6.07) is 31.6. The molecule has 6 unspecified atom stereocenters. The third kappa shape index (κ3) is 4.90. The zero-order valence-corrected chi connectivity index (χ0v) is 28.2. The zero-order valence-electron chi connectivity index (χ0n) is 28.2. The maximum absolute atomic E-state index is 2.79. The van der Waals surface area contributed by atoms with Crippen LogP contribution in [0, 0.1) is 41.4 Å². The van der Waals surface area contributed by atoms with Crippen molar-refractivity contribution in [3.63, 3.8) is 0 Å². The molecule has 2 nitrogen and oxygen atoms in total. The fraction of sp³-hybridized carbons (Fsp3) is 0.319. The highest BCUT2D eigenvalue weighted by molar-refractivity contribution is 5.94. The number of fused-ring (bicyclic) bond motifs is 6. The molecule has 49 heavy (non-hydrogen) atoms. The average molecular weight is 637 g/mol. The molecular weight excluding hydrogens is 593 g/mol. The standard InChI is InChI=1S/C47H44N2/c1-3-12-36(13-4-1)48(37-14-5-2-6-15-37)47-39-16-8-7-10-33(39)28-45(46-42-29-40(42)34(27-43(46)47)21-20-30-18-19-30)49(38-23-22-31-24-35(31)25-38)44-17-9-11-32-26-41(32)44/h1-17,22-23,25,27,30-32,35,40-42H,18-21,24,26,28-29H2. The molecule has 6 atom stereocenters. The summed E-state index contributed by atoms with van der Waals surface area (Å²) in [6.45, 7) is 0. The van der Waals surface area contributed by atoms with E-state index in [-0.39, 0.29) is 0 Å². The molecule has 3 aromatic carbocycles. The Morgan fingerprint density at radius 3 is 2.22 bits per heavy atom. The molecule has 0 bridgehead atoms. The maximum atomic E-state index is 2.79. The molecule has 2 heteroatoms. The maximum Gasteiger partial charge on any atom is 0.0612 e. The van der Waals surface area contributed by atoms with Gasteiger partial charge in [-0.1, -0.05) is 109 Å². The first-order valence-corrected chi connectivity index (χ1v) is 19.0. The third-order valence-corrected chi connectivity index (χ3v) is 12.7. The van der Waals surface area contributed by atoms with Gasteiger partial charge in [-0.2, -0.15) is 0 Å². The van der Waals surface area contributed by atoms with Crippen LogP contribution in [0.3, 0.4) is 0 Å². The average Bonchev–Trinajstić information content (AvgIpc) is 3.95. The summed E-state index contributed by atoms with van der Waals surface area (Å²) >= 11 is 0. The topological polar surface area (TPSA) is 6.48 Å². The van der Waals surface area contributed by atoms with Crippen molar-refractivity contribution in [1.82, 2.24) is 4.90 Å². The van der Waals surface area contributed by atoms with Gasteiger partial charge in [-0.25, -0.2) is 0 Å². The first kappa shape index (κ1) is 28.3. The van der Waals surface area contributed by atoms with Gasteiger partial charge in [-0.15, -0.1) is 0 Å². The van der Waals surface area contributed by atoms with Gasteiger partial charge >= 0.3 is 0 Å². The molecule has 0 N–H and O–H groups in total. The van der Waals surface area contributed by atoms with E-state index in [0.29, 0.717) is 29.6 Å². The van der Waals surface area contributed by atoms with Crippen LogP contribution in [0.1, 0.15) is 56.1 Å². The van der Waals surface area contributed by atoms with Crippen LogP contribution >= 0.6 is 0 Å². The number of para-hydroxylation sites is 2. The fourth-order valence-electron chi connectivity index (χ4n) is 9.61. The quantitative estimate of drug-likeness (QED) is 0.231. The first-order chi connectivity index (χ1) is 24.3. The predicted molar refractivity (Wildman–Crippen MR) is 200 cm³/mol. The molecule has 0 spiro atoms. The van der Waals surface area contributed by atoms with Gasteiger partial charge in [0.15, 0.2) is 0 Å². The van der Waals surface area contributed by atoms with Gasteiger partial charge in [-0.05, 0) is 115 Å². The van der Waals surface area contributed by atoms with Crippen molar-refractivity contribution in [1.29, 1.82) is 0 Å². The van der Waals surface area contributed by atoms with Crippen LogP contribution < -0.4 is 4.90 Å². The minimum atomic E-state index is 0.584. The van der Waals surface area contributed by atoms with Gasteiger partial charge in [0, 0.05) is 51.9 Å². The van der Waals surface area contributed by atoms with Crippen molar-refractivity contribution >= 4 is 17.1 Å². The minimum Gasteiger partial charge on any atom is -0.317 e. The van der Waals surface area contributed by atoms with Crippen LogP contribution in [0.4, 0.5) is 11.4 Å². The SMILES string of the molecule is C1=CC2CC2C(N(C2=CC3CC3C=C2)C2=C3C(=C(N(c4ccccc4)c4ccccc4)c4ccccc4C2)C=C(CCC2CC2)C2CC32)=C1. The summed E-state index contributed by atoms with van der Waals surface area (Å²) in [5.74, 6) is 4.99. The van der Waals surface area contributed by atoms with Crippen LogP contribution in [0.15, 0.2) is 161 Å². The van der Waals surface area contributed by atoms with Crippen molar-refractivity contribution in [3.05, 3.63) is 172 Å². The number of rotatable bonds is 9. The second-order valence-corrected chi connectivity index (χ2v) is 15.9. The Morgan fingerprint density at radius 2 is 1.45 bits per heavy atom. The number of hydrogen-bond acceptors (Lipinski definition) is 2. The molecule has 242 valence electrons. The largest absolute Gasteiger partial charge is 0.317 e. The lowest BCUT2D eigenvalue weighted by Gasteiger charge is -2.36. The summed E-state index contributed by atoms with van der Waals surface area (Å²) in [5, 5.41) is 0. The van der Waals surface area contributed by atoms with Crippen molar-refractivity contribution in [3.8, 4) is 0 Å². The molecule has 3 aromatic rings. The molecule has 11 rings (SSSR count). The fourth-order valence-corrected chi connectivity index (χ4v) is 9.61. The van der Waals surface area contributed by atoms with Crippen molar-refractivity contribution in [2.24, 2.45) is 41.4 Å². The molecular formula is C47H44N2. The van der Waals surface area contributed by atoms with E-state index in [0.717, 1.165) is 18.3 Å². The second kappa shape index (κ2) is 11.0. The van der Waals surface area contributed by atoms with Crippen molar-refractivity contribution < 1.29 is 0 Å². The number of benzene rings is 3. The summed E-state index contributed by atoms with van der Waals surface area (Å²) in [7, 11) is 0. The van der Waals surface area contributed by atoms with Crippen LogP contribution in [0.5, 0.6) is 0 Å². The summed E-state index contributed by atoms with van der Waals surface area (Å²) in [4.78, 5) is 5.37. The minimum absolute atomic E-state index is 0.584. The molecule has 4 saturated carbocycles. The number of anilines is 2. The highest BCUT2D eigenvalue weighted by Gasteiger charge is 2.51. The Morgan fingerprint density at radius 1 is 0.673 bits per heavy atom. The summed E-state index contributed by atoms with van der Waals surface area (Å²) < 4.78 is 0. The highest BCUT2D eigenvalue weighted by Crippen LogP contribution is 2.62.